The van der Waals surface area contributed by atoms with Crippen molar-refractivity contribution >= 4 is 39.3 Å². The maximum absolute atomic E-state index is 13.2. The van der Waals surface area contributed by atoms with Crippen LogP contribution in [-0.4, -0.2) is 27.9 Å². The number of allylic oxidation sites excluding steroid dienone is 1. The lowest BCUT2D eigenvalue weighted by Crippen LogP contribution is -2.24. The number of carbonyl (C=O) groups is 1. The van der Waals surface area contributed by atoms with E-state index in [0.29, 0.717) is 24.2 Å². The van der Waals surface area contributed by atoms with E-state index in [1.165, 1.54) is 22.2 Å². The summed E-state index contributed by atoms with van der Waals surface area (Å²) in [6.07, 6.45) is 7.80. The summed E-state index contributed by atoms with van der Waals surface area (Å²) >= 11 is 2.90. The minimum Gasteiger partial charge on any atom is -0.465 e. The highest BCUT2D eigenvalue weighted by Crippen LogP contribution is 2.36. The Morgan fingerprint density at radius 2 is 2.29 bits per heavy atom. The predicted octanol–water partition coefficient (Wildman–Crippen LogP) is 4.59. The van der Waals surface area contributed by atoms with E-state index in [1.807, 2.05) is 0 Å². The van der Waals surface area contributed by atoms with Crippen molar-refractivity contribution in [3.05, 3.63) is 33.4 Å². The number of hydrogen-bond donors (Lipinski definition) is 0. The quantitative estimate of drug-likeness (QED) is 0.195. The van der Waals surface area contributed by atoms with Gasteiger partial charge in [-0.25, -0.2) is 4.98 Å². The molecule has 152 valence electrons. The second-order valence-electron chi connectivity index (χ2n) is 7.35. The smallest absolute Gasteiger partial charge is 0.316 e. The Labute approximate surface area is 174 Å². The van der Waals surface area contributed by atoms with Crippen molar-refractivity contribution in [2.75, 3.05) is 12.4 Å². The van der Waals surface area contributed by atoms with Crippen LogP contribution in [-0.2, 0) is 28.9 Å². The molecule has 0 bridgehead atoms. The third-order valence-electron chi connectivity index (χ3n) is 5.02. The molecule has 7 heteroatoms. The second-order valence-corrected chi connectivity index (χ2v) is 9.37. The Morgan fingerprint density at radius 1 is 1.46 bits per heavy atom. The van der Waals surface area contributed by atoms with Crippen molar-refractivity contribution in [3.8, 4) is 0 Å². The first-order chi connectivity index (χ1) is 13.5. The molecule has 0 unspecified atom stereocenters. The summed E-state index contributed by atoms with van der Waals surface area (Å²) in [6.45, 7) is 8.98. The zero-order valence-electron chi connectivity index (χ0n) is 16.7. The SMILES string of the molecule is C=CCn1c(SCC(=O)OCCCCC)nc2sc3c(c2c1=O)CC[C@H](C)C3. The number of aromatic nitrogens is 2. The van der Waals surface area contributed by atoms with Gasteiger partial charge in [0.25, 0.3) is 5.56 Å². The van der Waals surface area contributed by atoms with Crippen molar-refractivity contribution in [1.29, 1.82) is 0 Å². The molecule has 0 spiro atoms. The normalized spacial score (nSPS) is 16.1. The summed E-state index contributed by atoms with van der Waals surface area (Å²) in [4.78, 5) is 32.1. The number of nitrogens with zero attached hydrogens (tertiary/aromatic N) is 2. The number of thioether (sulfide) groups is 1. The summed E-state index contributed by atoms with van der Waals surface area (Å²) in [7, 11) is 0. The van der Waals surface area contributed by atoms with Gasteiger partial charge in [-0.15, -0.1) is 17.9 Å². The van der Waals surface area contributed by atoms with E-state index >= 15 is 0 Å². The maximum atomic E-state index is 13.2. The summed E-state index contributed by atoms with van der Waals surface area (Å²) in [5.41, 5.74) is 1.16. The maximum Gasteiger partial charge on any atom is 0.316 e. The Hall–Kier alpha value is -1.60. The Balaban J connectivity index is 1.83. The largest absolute Gasteiger partial charge is 0.465 e. The lowest BCUT2D eigenvalue weighted by molar-refractivity contribution is -0.140. The van der Waals surface area contributed by atoms with Crippen molar-refractivity contribution in [1.82, 2.24) is 9.55 Å². The summed E-state index contributed by atoms with van der Waals surface area (Å²) in [5.74, 6) is 0.538. The molecule has 0 saturated carbocycles. The fourth-order valence-corrected chi connectivity index (χ4v) is 5.74. The third kappa shape index (κ3) is 4.69. The molecule has 2 aromatic heterocycles. The van der Waals surface area contributed by atoms with Crippen LogP contribution in [0.5, 0.6) is 0 Å². The number of ether oxygens (including phenoxy) is 1. The van der Waals surface area contributed by atoms with Crippen LogP contribution in [0, 0.1) is 5.92 Å². The first-order valence-electron chi connectivity index (χ1n) is 9.99. The number of aryl methyl sites for hydroxylation is 1. The highest BCUT2D eigenvalue weighted by atomic mass is 32.2. The minimum atomic E-state index is -0.264. The number of rotatable bonds is 9. The number of thiophene rings is 1. The van der Waals surface area contributed by atoms with E-state index in [0.717, 1.165) is 48.7 Å². The van der Waals surface area contributed by atoms with Crippen LogP contribution < -0.4 is 5.56 Å². The number of esters is 1. The monoisotopic (exact) mass is 420 g/mol. The van der Waals surface area contributed by atoms with Gasteiger partial charge < -0.3 is 4.74 Å². The zero-order valence-corrected chi connectivity index (χ0v) is 18.3. The highest BCUT2D eigenvalue weighted by molar-refractivity contribution is 7.99. The molecule has 2 heterocycles. The standard InChI is InChI=1S/C21H28N2O3S2/c1-4-6-7-11-26-17(24)13-27-21-22-19-18(20(25)23(21)10-5-2)15-9-8-14(3)12-16(15)28-19/h5,14H,2,4,6-13H2,1,3H3/t14-/m0/s1. The van der Waals surface area contributed by atoms with Crippen LogP contribution in [0.3, 0.4) is 0 Å². The molecular formula is C21H28N2O3S2. The van der Waals surface area contributed by atoms with E-state index < -0.39 is 0 Å². The van der Waals surface area contributed by atoms with E-state index in [4.69, 9.17) is 9.72 Å². The predicted molar refractivity (Wildman–Crippen MR) is 116 cm³/mol. The summed E-state index contributed by atoms with van der Waals surface area (Å²) < 4.78 is 6.90. The van der Waals surface area contributed by atoms with Crippen LogP contribution in [0.2, 0.25) is 0 Å². The van der Waals surface area contributed by atoms with Gasteiger partial charge in [0.05, 0.1) is 17.7 Å². The first-order valence-corrected chi connectivity index (χ1v) is 11.8. The first kappa shape index (κ1) is 21.1. The molecule has 5 nitrogen and oxygen atoms in total. The molecular weight excluding hydrogens is 392 g/mol. The molecule has 2 aromatic rings. The number of unbranched alkanes of at least 4 members (excludes halogenated alkanes) is 2. The van der Waals surface area contributed by atoms with E-state index in [-0.39, 0.29) is 17.3 Å². The zero-order chi connectivity index (χ0) is 20.1. The van der Waals surface area contributed by atoms with Gasteiger partial charge in [-0.3, -0.25) is 14.2 Å². The molecule has 28 heavy (non-hydrogen) atoms. The molecule has 0 saturated heterocycles. The van der Waals surface area contributed by atoms with Crippen LogP contribution >= 0.6 is 23.1 Å². The summed E-state index contributed by atoms with van der Waals surface area (Å²) in [5, 5.41) is 1.33. The molecule has 3 rings (SSSR count). The van der Waals surface area contributed by atoms with Gasteiger partial charge in [0.15, 0.2) is 5.16 Å². The summed E-state index contributed by atoms with van der Waals surface area (Å²) in [6, 6.07) is 0. The lowest BCUT2D eigenvalue weighted by atomic mass is 9.89. The van der Waals surface area contributed by atoms with E-state index in [9.17, 15) is 9.59 Å². The van der Waals surface area contributed by atoms with Crippen LogP contribution in [0.15, 0.2) is 22.6 Å². The lowest BCUT2D eigenvalue weighted by Gasteiger charge is -2.17. The molecule has 0 amide bonds. The van der Waals surface area contributed by atoms with Crippen molar-refractivity contribution in [3.63, 3.8) is 0 Å². The third-order valence-corrected chi connectivity index (χ3v) is 7.12. The fourth-order valence-electron chi connectivity index (χ4n) is 3.51. The van der Waals surface area contributed by atoms with E-state index in [2.05, 4.69) is 20.4 Å². The van der Waals surface area contributed by atoms with Gasteiger partial charge in [-0.2, -0.15) is 0 Å². The minimum absolute atomic E-state index is 0.0178. The van der Waals surface area contributed by atoms with Gasteiger partial charge in [-0.05, 0) is 37.2 Å². The Bertz CT molecular complexity index is 916. The topological polar surface area (TPSA) is 61.2 Å². The van der Waals surface area contributed by atoms with Crippen LogP contribution in [0.4, 0.5) is 0 Å². The van der Waals surface area contributed by atoms with E-state index in [1.54, 1.807) is 22.0 Å². The molecule has 0 aromatic carbocycles. The number of hydrogen-bond acceptors (Lipinski definition) is 6. The number of carbonyl (C=O) groups excluding carboxylic acids is 1. The van der Waals surface area contributed by atoms with Gasteiger partial charge >= 0.3 is 5.97 Å². The van der Waals surface area contributed by atoms with Crippen molar-refractivity contribution < 1.29 is 9.53 Å². The fraction of sp³-hybridized carbons (Fsp3) is 0.571. The number of fused-ring (bicyclic) bond motifs is 3. The Morgan fingerprint density at radius 3 is 3.04 bits per heavy atom. The molecule has 1 atom stereocenters. The highest BCUT2D eigenvalue weighted by Gasteiger charge is 2.24. The molecule has 0 radical (unpaired) electrons. The van der Waals surface area contributed by atoms with Crippen LogP contribution in [0.25, 0.3) is 10.2 Å². The molecule has 0 aliphatic heterocycles. The van der Waals surface area contributed by atoms with Crippen LogP contribution in [0.1, 0.15) is 50.0 Å². The second kappa shape index (κ2) is 9.74. The molecule has 1 aliphatic carbocycles. The molecule has 0 fully saturated rings. The molecule has 1 aliphatic rings. The average molecular weight is 421 g/mol. The average Bonchev–Trinajstić information content (AvgIpc) is 3.03. The van der Waals surface area contributed by atoms with Gasteiger partial charge in [0, 0.05) is 11.4 Å². The van der Waals surface area contributed by atoms with Crippen molar-refractivity contribution in [2.45, 2.75) is 64.1 Å². The Kier molecular flexibility index (Phi) is 7.35. The molecule has 0 N–H and O–H groups in total. The van der Waals surface area contributed by atoms with Crippen molar-refractivity contribution in [2.24, 2.45) is 5.92 Å². The van der Waals surface area contributed by atoms with Gasteiger partial charge in [-0.1, -0.05) is 44.5 Å². The van der Waals surface area contributed by atoms with Gasteiger partial charge in [0.2, 0.25) is 0 Å². The van der Waals surface area contributed by atoms with Gasteiger partial charge in [0.1, 0.15) is 4.83 Å².